The van der Waals surface area contributed by atoms with Crippen molar-refractivity contribution in [2.75, 3.05) is 5.32 Å². The van der Waals surface area contributed by atoms with Gasteiger partial charge in [-0.1, -0.05) is 25.5 Å². The van der Waals surface area contributed by atoms with Crippen molar-refractivity contribution in [3.8, 4) is 33.0 Å². The number of hydrogen-bond acceptors (Lipinski definition) is 6. The van der Waals surface area contributed by atoms with Gasteiger partial charge in [-0.05, 0) is 49.7 Å². The van der Waals surface area contributed by atoms with Crippen LogP contribution in [0.3, 0.4) is 0 Å². The first-order valence-electron chi connectivity index (χ1n) is 12.8. The molecular formula is C30H26N6O2S. The lowest BCUT2D eigenvalue weighted by Gasteiger charge is -2.07. The van der Waals surface area contributed by atoms with Gasteiger partial charge < -0.3 is 10.3 Å². The lowest BCUT2D eigenvalue weighted by atomic mass is 10.1. The highest BCUT2D eigenvalue weighted by Gasteiger charge is 2.16. The minimum atomic E-state index is -0.0141. The van der Waals surface area contributed by atoms with Crippen molar-refractivity contribution in [1.82, 2.24) is 25.1 Å². The molecule has 6 rings (SSSR count). The summed E-state index contributed by atoms with van der Waals surface area (Å²) in [6.45, 7) is 3.65. The van der Waals surface area contributed by atoms with Crippen LogP contribution in [0.5, 0.6) is 0 Å². The molecule has 0 bridgehead atoms. The number of nitrogens with one attached hydrogen (secondary N) is 3. The number of Topliss-reactive ketones (excluding diaryl/α,β-unsaturated/α-hetero) is 1. The Morgan fingerprint density at radius 3 is 2.69 bits per heavy atom. The number of ketones is 1. The number of fused-ring (bicyclic) bond motifs is 2. The second-order valence-corrected chi connectivity index (χ2v) is 10.6. The van der Waals surface area contributed by atoms with Gasteiger partial charge in [0.15, 0.2) is 11.4 Å². The smallest absolute Gasteiger partial charge is 0.224 e. The first-order chi connectivity index (χ1) is 19.0. The van der Waals surface area contributed by atoms with Gasteiger partial charge in [-0.2, -0.15) is 5.10 Å². The molecule has 0 spiro atoms. The van der Waals surface area contributed by atoms with Gasteiger partial charge in [0.05, 0.1) is 22.5 Å². The zero-order chi connectivity index (χ0) is 26.9. The fourth-order valence-electron chi connectivity index (χ4n) is 4.66. The highest BCUT2D eigenvalue weighted by molar-refractivity contribution is 7.17. The van der Waals surface area contributed by atoms with Crippen LogP contribution in [0.2, 0.25) is 0 Å². The van der Waals surface area contributed by atoms with Crippen LogP contribution in [-0.4, -0.2) is 36.8 Å². The SMILES string of the molecule is CCCCC(=O)Nc1cncc(-c2cnc3[nH]nc(-c4cc5c(-c6ccc(C(C)=O)s6)cccc5[nH]4)c3c2)c1. The molecule has 0 aliphatic carbocycles. The second kappa shape index (κ2) is 10.3. The molecule has 1 aromatic carbocycles. The van der Waals surface area contributed by atoms with Crippen molar-refractivity contribution in [3.05, 3.63) is 72.0 Å². The highest BCUT2D eigenvalue weighted by atomic mass is 32.1. The maximum atomic E-state index is 12.2. The first kappa shape index (κ1) is 24.7. The molecule has 0 radical (unpaired) electrons. The maximum absolute atomic E-state index is 12.2. The van der Waals surface area contributed by atoms with Crippen LogP contribution in [0.25, 0.3) is 54.9 Å². The molecule has 5 heterocycles. The van der Waals surface area contributed by atoms with E-state index < -0.39 is 0 Å². The number of nitrogens with zero attached hydrogens (tertiary/aromatic N) is 3. The topological polar surface area (TPSA) is 116 Å². The summed E-state index contributed by atoms with van der Waals surface area (Å²) in [5, 5.41) is 12.5. The number of unbranched alkanes of at least 4 members (excludes halogenated alkanes) is 1. The molecule has 0 atom stereocenters. The molecule has 0 aliphatic heterocycles. The van der Waals surface area contributed by atoms with E-state index in [1.165, 1.54) is 11.3 Å². The van der Waals surface area contributed by atoms with Crippen molar-refractivity contribution in [3.63, 3.8) is 0 Å². The Morgan fingerprint density at radius 2 is 1.87 bits per heavy atom. The van der Waals surface area contributed by atoms with Gasteiger partial charge in [0.25, 0.3) is 0 Å². The van der Waals surface area contributed by atoms with Gasteiger partial charge in [0.1, 0.15) is 5.69 Å². The number of amides is 1. The van der Waals surface area contributed by atoms with E-state index >= 15 is 0 Å². The van der Waals surface area contributed by atoms with E-state index in [-0.39, 0.29) is 11.7 Å². The molecule has 0 unspecified atom stereocenters. The molecule has 3 N–H and O–H groups in total. The van der Waals surface area contributed by atoms with E-state index in [9.17, 15) is 9.59 Å². The van der Waals surface area contributed by atoms with Gasteiger partial charge in [-0.3, -0.25) is 19.7 Å². The lowest BCUT2D eigenvalue weighted by Crippen LogP contribution is -2.11. The summed E-state index contributed by atoms with van der Waals surface area (Å²) in [7, 11) is 0. The number of aromatic amines is 2. The van der Waals surface area contributed by atoms with Crippen LogP contribution in [0.1, 0.15) is 42.8 Å². The summed E-state index contributed by atoms with van der Waals surface area (Å²) in [5.74, 6) is 0.0545. The third-order valence-corrected chi connectivity index (χ3v) is 7.89. The Hall–Kier alpha value is -4.63. The van der Waals surface area contributed by atoms with Gasteiger partial charge in [-0.15, -0.1) is 11.3 Å². The Morgan fingerprint density at radius 1 is 1.00 bits per heavy atom. The summed E-state index contributed by atoms with van der Waals surface area (Å²) in [6.07, 6.45) is 7.50. The molecule has 8 nitrogen and oxygen atoms in total. The van der Waals surface area contributed by atoms with E-state index in [2.05, 4.69) is 49.5 Å². The number of anilines is 1. The molecule has 0 aliphatic rings. The molecular weight excluding hydrogens is 508 g/mol. The maximum Gasteiger partial charge on any atom is 0.224 e. The van der Waals surface area contributed by atoms with Crippen molar-refractivity contribution in [1.29, 1.82) is 0 Å². The summed E-state index contributed by atoms with van der Waals surface area (Å²) in [5.41, 5.74) is 6.72. The number of aromatic nitrogens is 5. The molecule has 1 amide bonds. The summed E-state index contributed by atoms with van der Waals surface area (Å²) in [4.78, 5) is 38.3. The van der Waals surface area contributed by atoms with Gasteiger partial charge >= 0.3 is 0 Å². The highest BCUT2D eigenvalue weighted by Crippen LogP contribution is 2.37. The summed E-state index contributed by atoms with van der Waals surface area (Å²) in [6, 6.07) is 16.0. The molecule has 5 aromatic heterocycles. The number of rotatable bonds is 8. The van der Waals surface area contributed by atoms with Gasteiger partial charge in [0.2, 0.25) is 5.91 Å². The normalized spacial score (nSPS) is 11.3. The molecule has 0 fully saturated rings. The summed E-state index contributed by atoms with van der Waals surface area (Å²) < 4.78 is 0. The minimum Gasteiger partial charge on any atom is -0.353 e. The van der Waals surface area contributed by atoms with Crippen LogP contribution >= 0.6 is 11.3 Å². The standard InChI is InChI=1S/C30H26N6O2S/c1-3-4-8-28(38)33-20-11-18(14-31-16-20)19-12-23-29(35-36-30(23)32-15-19)25-13-22-21(6-5-7-24(22)34-25)27-10-9-26(39-27)17(2)37/h5-7,9-16,34H,3-4,8H2,1-2H3,(H,33,38)(H,32,35,36). The Balaban J connectivity index is 1.36. The van der Waals surface area contributed by atoms with Crippen LogP contribution in [0, 0.1) is 0 Å². The Bertz CT molecular complexity index is 1850. The van der Waals surface area contributed by atoms with Crippen LogP contribution in [-0.2, 0) is 4.79 Å². The van der Waals surface area contributed by atoms with Crippen molar-refractivity contribution < 1.29 is 9.59 Å². The van der Waals surface area contributed by atoms with Crippen molar-refractivity contribution in [2.45, 2.75) is 33.1 Å². The molecule has 0 saturated carbocycles. The number of hydrogen-bond donors (Lipinski definition) is 3. The predicted molar refractivity (Wildman–Crippen MR) is 156 cm³/mol. The van der Waals surface area contributed by atoms with Crippen LogP contribution < -0.4 is 5.32 Å². The fraction of sp³-hybridized carbons (Fsp3) is 0.167. The van der Waals surface area contributed by atoms with E-state index in [1.807, 2.05) is 36.4 Å². The number of carbonyl (C=O) groups excluding carboxylic acids is 2. The minimum absolute atomic E-state index is 0.0141. The van der Waals surface area contributed by atoms with Crippen LogP contribution in [0.15, 0.2) is 67.1 Å². The van der Waals surface area contributed by atoms with Crippen molar-refractivity contribution in [2.24, 2.45) is 0 Å². The van der Waals surface area contributed by atoms with E-state index in [4.69, 9.17) is 0 Å². The zero-order valence-electron chi connectivity index (χ0n) is 21.5. The third kappa shape index (κ3) is 4.84. The number of thiophene rings is 1. The fourth-order valence-corrected chi connectivity index (χ4v) is 5.60. The molecule has 0 saturated heterocycles. The van der Waals surface area contributed by atoms with Gasteiger partial charge in [0, 0.05) is 56.7 Å². The lowest BCUT2D eigenvalue weighted by molar-refractivity contribution is -0.116. The quantitative estimate of drug-likeness (QED) is 0.178. The Labute approximate surface area is 228 Å². The number of carbonyl (C=O) groups is 2. The van der Waals surface area contributed by atoms with E-state index in [0.717, 1.165) is 67.0 Å². The average Bonchev–Trinajstić information content (AvgIpc) is 3.69. The first-order valence-corrected chi connectivity index (χ1v) is 13.6. The molecule has 194 valence electrons. The van der Waals surface area contributed by atoms with Crippen LogP contribution in [0.4, 0.5) is 5.69 Å². The monoisotopic (exact) mass is 534 g/mol. The second-order valence-electron chi connectivity index (χ2n) is 9.48. The Kier molecular flexibility index (Phi) is 6.50. The van der Waals surface area contributed by atoms with E-state index in [0.29, 0.717) is 17.8 Å². The van der Waals surface area contributed by atoms with Crippen molar-refractivity contribution >= 4 is 50.7 Å². The predicted octanol–water partition coefficient (Wildman–Crippen LogP) is 7.23. The zero-order valence-corrected chi connectivity index (χ0v) is 22.4. The summed E-state index contributed by atoms with van der Waals surface area (Å²) >= 11 is 1.50. The third-order valence-electron chi connectivity index (χ3n) is 6.67. The van der Waals surface area contributed by atoms with Gasteiger partial charge in [-0.25, -0.2) is 4.98 Å². The number of H-pyrrole nitrogens is 2. The average molecular weight is 535 g/mol. The molecule has 6 aromatic rings. The molecule has 9 heteroatoms. The molecule has 39 heavy (non-hydrogen) atoms. The number of pyridine rings is 2. The van der Waals surface area contributed by atoms with E-state index in [1.54, 1.807) is 25.5 Å². The number of benzene rings is 1. The largest absolute Gasteiger partial charge is 0.353 e.